The zero-order chi connectivity index (χ0) is 12.7. The van der Waals surface area contributed by atoms with E-state index in [4.69, 9.17) is 4.74 Å². The van der Waals surface area contributed by atoms with E-state index >= 15 is 0 Å². The SMILES string of the molecule is CC1C(=O)NC(C2CC2)C(=O)N1C1CCOCC1. The van der Waals surface area contributed by atoms with Crippen LogP contribution in [0.4, 0.5) is 0 Å². The van der Waals surface area contributed by atoms with Gasteiger partial charge in [-0.3, -0.25) is 9.59 Å². The number of hydrogen-bond acceptors (Lipinski definition) is 3. The van der Waals surface area contributed by atoms with E-state index < -0.39 is 0 Å². The normalized spacial score (nSPS) is 34.6. The highest BCUT2D eigenvalue weighted by Gasteiger charge is 2.47. The van der Waals surface area contributed by atoms with Gasteiger partial charge < -0.3 is 15.0 Å². The van der Waals surface area contributed by atoms with Crippen LogP contribution in [0.1, 0.15) is 32.6 Å². The lowest BCUT2D eigenvalue weighted by atomic mass is 9.98. The fraction of sp³-hybridized carbons (Fsp3) is 0.846. The van der Waals surface area contributed by atoms with Crippen LogP contribution in [0.2, 0.25) is 0 Å². The number of carbonyl (C=O) groups is 2. The molecule has 3 fully saturated rings. The van der Waals surface area contributed by atoms with Crippen molar-refractivity contribution in [3.8, 4) is 0 Å². The molecule has 5 nitrogen and oxygen atoms in total. The van der Waals surface area contributed by atoms with E-state index in [2.05, 4.69) is 5.32 Å². The molecule has 0 aromatic carbocycles. The molecule has 0 radical (unpaired) electrons. The topological polar surface area (TPSA) is 58.6 Å². The quantitative estimate of drug-likeness (QED) is 0.768. The van der Waals surface area contributed by atoms with E-state index in [9.17, 15) is 9.59 Å². The monoisotopic (exact) mass is 252 g/mol. The minimum absolute atomic E-state index is 0.00186. The number of hydrogen-bond donors (Lipinski definition) is 1. The second-order valence-electron chi connectivity index (χ2n) is 5.59. The van der Waals surface area contributed by atoms with Gasteiger partial charge in [-0.15, -0.1) is 0 Å². The van der Waals surface area contributed by atoms with Crippen LogP contribution >= 0.6 is 0 Å². The zero-order valence-corrected chi connectivity index (χ0v) is 10.7. The maximum Gasteiger partial charge on any atom is 0.246 e. The molecule has 3 aliphatic rings. The van der Waals surface area contributed by atoms with Crippen LogP contribution in [-0.4, -0.2) is 48.1 Å². The summed E-state index contributed by atoms with van der Waals surface area (Å²) < 4.78 is 5.34. The molecule has 1 saturated carbocycles. The number of nitrogens with one attached hydrogen (secondary N) is 1. The van der Waals surface area contributed by atoms with Crippen molar-refractivity contribution in [3.63, 3.8) is 0 Å². The van der Waals surface area contributed by atoms with Crippen molar-refractivity contribution in [2.45, 2.75) is 50.7 Å². The van der Waals surface area contributed by atoms with Crippen molar-refractivity contribution in [1.29, 1.82) is 0 Å². The molecule has 0 aromatic heterocycles. The molecule has 1 aliphatic carbocycles. The van der Waals surface area contributed by atoms with Crippen LogP contribution in [0.15, 0.2) is 0 Å². The van der Waals surface area contributed by atoms with Gasteiger partial charge in [0.15, 0.2) is 0 Å². The van der Waals surface area contributed by atoms with Crippen molar-refractivity contribution in [2.24, 2.45) is 5.92 Å². The average Bonchev–Trinajstić information content (AvgIpc) is 3.20. The second kappa shape index (κ2) is 4.53. The van der Waals surface area contributed by atoms with E-state index in [1.54, 1.807) is 0 Å². The first-order chi connectivity index (χ1) is 8.68. The first-order valence-corrected chi connectivity index (χ1v) is 6.89. The van der Waals surface area contributed by atoms with Gasteiger partial charge in [0.1, 0.15) is 12.1 Å². The Morgan fingerprint density at radius 2 is 1.83 bits per heavy atom. The van der Waals surface area contributed by atoms with Crippen LogP contribution in [-0.2, 0) is 14.3 Å². The average molecular weight is 252 g/mol. The van der Waals surface area contributed by atoms with Crippen molar-refractivity contribution >= 4 is 11.8 Å². The Balaban J connectivity index is 1.79. The highest BCUT2D eigenvalue weighted by Crippen LogP contribution is 2.36. The van der Waals surface area contributed by atoms with Crippen molar-refractivity contribution < 1.29 is 14.3 Å². The molecule has 3 rings (SSSR count). The van der Waals surface area contributed by atoms with Crippen LogP contribution in [0, 0.1) is 5.92 Å². The number of rotatable bonds is 2. The molecule has 2 amide bonds. The molecule has 2 aliphatic heterocycles. The Labute approximate surface area is 107 Å². The molecule has 0 bridgehead atoms. The highest BCUT2D eigenvalue weighted by atomic mass is 16.5. The van der Waals surface area contributed by atoms with Crippen LogP contribution in [0.3, 0.4) is 0 Å². The standard InChI is InChI=1S/C13H20N2O3/c1-8-12(16)14-11(9-2-3-9)13(17)15(8)10-4-6-18-7-5-10/h8-11H,2-7H2,1H3,(H,14,16). The molecule has 2 atom stereocenters. The van der Waals surface area contributed by atoms with Gasteiger partial charge in [-0.2, -0.15) is 0 Å². The predicted molar refractivity (Wildman–Crippen MR) is 64.8 cm³/mol. The Morgan fingerprint density at radius 1 is 1.17 bits per heavy atom. The smallest absolute Gasteiger partial charge is 0.246 e. The Bertz CT molecular complexity index is 361. The molecule has 100 valence electrons. The predicted octanol–water partition coefficient (Wildman–Crippen LogP) is 0.291. The molecule has 5 heteroatoms. The maximum atomic E-state index is 12.5. The molecule has 1 N–H and O–H groups in total. The van der Waals surface area contributed by atoms with E-state index in [0.29, 0.717) is 19.1 Å². The molecule has 18 heavy (non-hydrogen) atoms. The van der Waals surface area contributed by atoms with Gasteiger partial charge in [-0.1, -0.05) is 0 Å². The number of ether oxygens (including phenoxy) is 1. The Hall–Kier alpha value is -1.10. The van der Waals surface area contributed by atoms with E-state index in [-0.39, 0.29) is 29.9 Å². The molecule has 0 aromatic rings. The number of amides is 2. The van der Waals surface area contributed by atoms with E-state index in [0.717, 1.165) is 25.7 Å². The summed E-state index contributed by atoms with van der Waals surface area (Å²) in [5, 5.41) is 2.89. The van der Waals surface area contributed by atoms with Gasteiger partial charge in [-0.05, 0) is 38.5 Å². The third-order valence-electron chi connectivity index (χ3n) is 4.29. The van der Waals surface area contributed by atoms with Crippen LogP contribution in [0.5, 0.6) is 0 Å². The minimum atomic E-state index is -0.337. The lowest BCUT2D eigenvalue weighted by molar-refractivity contribution is -0.154. The molecular weight excluding hydrogens is 232 g/mol. The largest absolute Gasteiger partial charge is 0.381 e. The lowest BCUT2D eigenvalue weighted by Gasteiger charge is -2.43. The third-order valence-corrected chi connectivity index (χ3v) is 4.29. The van der Waals surface area contributed by atoms with Gasteiger partial charge in [0.05, 0.1) is 0 Å². The summed E-state index contributed by atoms with van der Waals surface area (Å²) >= 11 is 0. The molecule has 2 unspecified atom stereocenters. The fourth-order valence-corrected chi connectivity index (χ4v) is 3.02. The van der Waals surface area contributed by atoms with Crippen molar-refractivity contribution in [3.05, 3.63) is 0 Å². The summed E-state index contributed by atoms with van der Waals surface area (Å²) in [5.41, 5.74) is 0. The highest BCUT2D eigenvalue weighted by molar-refractivity contribution is 5.97. The first-order valence-electron chi connectivity index (χ1n) is 6.89. The van der Waals surface area contributed by atoms with Crippen molar-refractivity contribution in [1.82, 2.24) is 10.2 Å². The number of nitrogens with zero attached hydrogens (tertiary/aromatic N) is 1. The van der Waals surface area contributed by atoms with Crippen LogP contribution < -0.4 is 5.32 Å². The van der Waals surface area contributed by atoms with E-state index in [1.807, 2.05) is 11.8 Å². The lowest BCUT2D eigenvalue weighted by Crippen LogP contribution is -2.66. The van der Waals surface area contributed by atoms with Gasteiger partial charge in [0, 0.05) is 19.3 Å². The number of carbonyl (C=O) groups excluding carboxylic acids is 2. The second-order valence-corrected chi connectivity index (χ2v) is 5.59. The zero-order valence-electron chi connectivity index (χ0n) is 10.7. The Morgan fingerprint density at radius 3 is 2.44 bits per heavy atom. The van der Waals surface area contributed by atoms with Gasteiger partial charge in [0.2, 0.25) is 11.8 Å². The fourth-order valence-electron chi connectivity index (χ4n) is 3.02. The van der Waals surface area contributed by atoms with Crippen molar-refractivity contribution in [2.75, 3.05) is 13.2 Å². The summed E-state index contributed by atoms with van der Waals surface area (Å²) in [6.45, 7) is 3.21. The maximum absolute atomic E-state index is 12.5. The minimum Gasteiger partial charge on any atom is -0.381 e. The molecule has 2 saturated heterocycles. The summed E-state index contributed by atoms with van der Waals surface area (Å²) in [7, 11) is 0. The van der Waals surface area contributed by atoms with E-state index in [1.165, 1.54) is 0 Å². The Kier molecular flexibility index (Phi) is 3.01. The first kappa shape index (κ1) is 12.0. The third kappa shape index (κ3) is 2.00. The van der Waals surface area contributed by atoms with Crippen LogP contribution in [0.25, 0.3) is 0 Å². The van der Waals surface area contributed by atoms with Gasteiger partial charge in [-0.25, -0.2) is 0 Å². The molecular formula is C13H20N2O3. The van der Waals surface area contributed by atoms with Gasteiger partial charge >= 0.3 is 0 Å². The summed E-state index contributed by atoms with van der Waals surface area (Å²) in [5.74, 6) is 0.491. The summed E-state index contributed by atoms with van der Waals surface area (Å²) in [6.07, 6.45) is 3.82. The molecule has 0 spiro atoms. The molecule has 2 heterocycles. The summed E-state index contributed by atoms with van der Waals surface area (Å²) in [6, 6.07) is -0.430. The van der Waals surface area contributed by atoms with Gasteiger partial charge in [0.25, 0.3) is 0 Å². The number of piperazine rings is 1. The summed E-state index contributed by atoms with van der Waals surface area (Å²) in [4.78, 5) is 26.4.